The molecule has 1 saturated carbocycles. The number of benzene rings is 2. The first kappa shape index (κ1) is 21.0. The van der Waals surface area contributed by atoms with Gasteiger partial charge in [0.1, 0.15) is 5.82 Å². The summed E-state index contributed by atoms with van der Waals surface area (Å²) in [5.41, 5.74) is 1.60. The predicted molar refractivity (Wildman–Crippen MR) is 113 cm³/mol. The Hall–Kier alpha value is -2.69. The zero-order valence-electron chi connectivity index (χ0n) is 17.1. The van der Waals surface area contributed by atoms with Crippen LogP contribution in [0.15, 0.2) is 54.6 Å². The number of carbonyl (C=O) groups is 2. The van der Waals surface area contributed by atoms with Crippen LogP contribution in [-0.2, 0) is 16.1 Å². The molecule has 0 atom stereocenters. The van der Waals surface area contributed by atoms with E-state index in [1.54, 1.807) is 12.1 Å². The van der Waals surface area contributed by atoms with E-state index >= 15 is 0 Å². The van der Waals surface area contributed by atoms with E-state index in [2.05, 4.69) is 5.32 Å². The summed E-state index contributed by atoms with van der Waals surface area (Å²) in [4.78, 5) is 27.6. The van der Waals surface area contributed by atoms with Crippen LogP contribution in [0.1, 0.15) is 45.1 Å². The zero-order chi connectivity index (χ0) is 20.8. The molecule has 0 aliphatic heterocycles. The summed E-state index contributed by atoms with van der Waals surface area (Å²) >= 11 is 0. The Morgan fingerprint density at radius 3 is 2.28 bits per heavy atom. The lowest BCUT2D eigenvalue weighted by molar-refractivity contribution is -0.140. The van der Waals surface area contributed by atoms with Gasteiger partial charge in [-0.1, -0.05) is 36.4 Å². The number of carbonyl (C=O) groups excluding carboxylic acids is 2. The maximum Gasteiger partial charge on any atom is 0.227 e. The molecule has 0 spiro atoms. The van der Waals surface area contributed by atoms with Crippen molar-refractivity contribution in [3.63, 3.8) is 0 Å². The van der Waals surface area contributed by atoms with Crippen LogP contribution in [0, 0.1) is 17.7 Å². The third kappa shape index (κ3) is 5.66. The largest absolute Gasteiger partial charge is 0.336 e. The summed E-state index contributed by atoms with van der Waals surface area (Å²) in [7, 11) is 0. The van der Waals surface area contributed by atoms with Crippen LogP contribution in [0.2, 0.25) is 0 Å². The van der Waals surface area contributed by atoms with E-state index in [0.29, 0.717) is 37.9 Å². The predicted octanol–water partition coefficient (Wildman–Crippen LogP) is 5.01. The second-order valence-corrected chi connectivity index (χ2v) is 8.09. The lowest BCUT2D eigenvalue weighted by Crippen LogP contribution is -2.42. The number of rotatable bonds is 6. The lowest BCUT2D eigenvalue weighted by Gasteiger charge is -2.34. The maximum absolute atomic E-state index is 13.3. The fourth-order valence-corrected chi connectivity index (χ4v) is 3.94. The van der Waals surface area contributed by atoms with Crippen LogP contribution in [0.4, 0.5) is 10.1 Å². The topological polar surface area (TPSA) is 49.4 Å². The first-order valence-electron chi connectivity index (χ1n) is 10.3. The molecule has 2 amide bonds. The van der Waals surface area contributed by atoms with Crippen molar-refractivity contribution in [2.75, 3.05) is 5.32 Å². The Morgan fingerprint density at radius 1 is 1.00 bits per heavy atom. The van der Waals surface area contributed by atoms with Gasteiger partial charge in [0.25, 0.3) is 0 Å². The van der Waals surface area contributed by atoms with Crippen LogP contribution in [0.5, 0.6) is 0 Å². The molecular weight excluding hydrogens is 367 g/mol. The van der Waals surface area contributed by atoms with Crippen molar-refractivity contribution in [2.45, 2.75) is 52.1 Å². The standard InChI is InChI=1S/C24H29FN2O2/c1-17(2)27(16-18-7-4-3-5-8-18)24(29)20-13-11-19(12-14-20)23(28)26-22-10-6-9-21(25)15-22/h3-10,15,17,19-20H,11-14,16H2,1-2H3,(H,26,28). The van der Waals surface area contributed by atoms with Crippen molar-refractivity contribution in [1.29, 1.82) is 0 Å². The molecule has 2 aromatic carbocycles. The molecule has 5 heteroatoms. The van der Waals surface area contributed by atoms with Gasteiger partial charge >= 0.3 is 0 Å². The smallest absolute Gasteiger partial charge is 0.227 e. The van der Waals surface area contributed by atoms with E-state index in [4.69, 9.17) is 0 Å². The molecule has 1 N–H and O–H groups in total. The monoisotopic (exact) mass is 396 g/mol. The number of hydrogen-bond acceptors (Lipinski definition) is 2. The summed E-state index contributed by atoms with van der Waals surface area (Å²) in [5.74, 6) is -0.466. The van der Waals surface area contributed by atoms with Gasteiger partial charge < -0.3 is 10.2 Å². The molecule has 0 radical (unpaired) electrons. The van der Waals surface area contributed by atoms with Crippen molar-refractivity contribution < 1.29 is 14.0 Å². The third-order valence-corrected chi connectivity index (χ3v) is 5.64. The minimum absolute atomic E-state index is 0.0423. The van der Waals surface area contributed by atoms with E-state index < -0.39 is 0 Å². The second-order valence-electron chi connectivity index (χ2n) is 8.09. The normalized spacial score (nSPS) is 19.0. The van der Waals surface area contributed by atoms with E-state index in [1.807, 2.05) is 49.1 Å². The SMILES string of the molecule is CC(C)N(Cc1ccccc1)C(=O)C1CCC(C(=O)Nc2cccc(F)c2)CC1. The van der Waals surface area contributed by atoms with Gasteiger partial charge in [0, 0.05) is 30.1 Å². The number of hydrogen-bond donors (Lipinski definition) is 1. The quantitative estimate of drug-likeness (QED) is 0.746. The molecule has 3 rings (SSSR count). The van der Waals surface area contributed by atoms with Crippen LogP contribution >= 0.6 is 0 Å². The molecule has 0 bridgehead atoms. The van der Waals surface area contributed by atoms with E-state index in [-0.39, 0.29) is 35.5 Å². The van der Waals surface area contributed by atoms with Crippen molar-refractivity contribution in [2.24, 2.45) is 11.8 Å². The molecule has 2 aromatic rings. The minimum Gasteiger partial charge on any atom is -0.336 e. The van der Waals surface area contributed by atoms with Crippen molar-refractivity contribution in [3.05, 3.63) is 66.0 Å². The van der Waals surface area contributed by atoms with E-state index in [1.165, 1.54) is 12.1 Å². The lowest BCUT2D eigenvalue weighted by atomic mass is 9.80. The minimum atomic E-state index is -0.371. The maximum atomic E-state index is 13.3. The molecule has 29 heavy (non-hydrogen) atoms. The number of amides is 2. The number of anilines is 1. The van der Waals surface area contributed by atoms with Gasteiger partial charge in [-0.05, 0) is 63.3 Å². The van der Waals surface area contributed by atoms with Gasteiger partial charge in [0.2, 0.25) is 11.8 Å². The first-order valence-corrected chi connectivity index (χ1v) is 10.3. The van der Waals surface area contributed by atoms with Crippen molar-refractivity contribution >= 4 is 17.5 Å². The molecule has 4 nitrogen and oxygen atoms in total. The fraction of sp³-hybridized carbons (Fsp3) is 0.417. The van der Waals surface area contributed by atoms with Gasteiger partial charge in [-0.3, -0.25) is 9.59 Å². The molecule has 1 aliphatic carbocycles. The van der Waals surface area contributed by atoms with Crippen LogP contribution < -0.4 is 5.32 Å². The van der Waals surface area contributed by atoms with Gasteiger partial charge in [0.05, 0.1) is 0 Å². The van der Waals surface area contributed by atoms with Crippen LogP contribution in [-0.4, -0.2) is 22.8 Å². The highest BCUT2D eigenvalue weighted by atomic mass is 19.1. The molecule has 1 aliphatic rings. The second kappa shape index (κ2) is 9.68. The van der Waals surface area contributed by atoms with E-state index in [9.17, 15) is 14.0 Å². The number of nitrogens with one attached hydrogen (secondary N) is 1. The molecule has 1 fully saturated rings. The van der Waals surface area contributed by atoms with E-state index in [0.717, 1.165) is 5.56 Å². The summed E-state index contributed by atoms with van der Waals surface area (Å²) in [6.07, 6.45) is 2.76. The Morgan fingerprint density at radius 2 is 1.66 bits per heavy atom. The van der Waals surface area contributed by atoms with Crippen LogP contribution in [0.25, 0.3) is 0 Å². The highest BCUT2D eigenvalue weighted by Gasteiger charge is 2.33. The summed E-state index contributed by atoms with van der Waals surface area (Å²) in [5, 5.41) is 2.80. The summed E-state index contributed by atoms with van der Waals surface area (Å²) in [6.45, 7) is 4.69. The third-order valence-electron chi connectivity index (χ3n) is 5.64. The highest BCUT2D eigenvalue weighted by Crippen LogP contribution is 2.32. The van der Waals surface area contributed by atoms with Gasteiger partial charge in [-0.25, -0.2) is 4.39 Å². The molecule has 0 saturated heterocycles. The molecule has 0 aromatic heterocycles. The average molecular weight is 397 g/mol. The van der Waals surface area contributed by atoms with Gasteiger partial charge in [-0.2, -0.15) is 0 Å². The molecule has 0 unspecified atom stereocenters. The Balaban J connectivity index is 1.55. The molecule has 154 valence electrons. The molecular formula is C24H29FN2O2. The first-order chi connectivity index (χ1) is 13.9. The van der Waals surface area contributed by atoms with Crippen molar-refractivity contribution in [1.82, 2.24) is 4.90 Å². The fourth-order valence-electron chi connectivity index (χ4n) is 3.94. The Kier molecular flexibility index (Phi) is 7.02. The summed E-state index contributed by atoms with van der Waals surface area (Å²) < 4.78 is 13.3. The van der Waals surface area contributed by atoms with Gasteiger partial charge in [-0.15, -0.1) is 0 Å². The number of halogens is 1. The average Bonchev–Trinajstić information content (AvgIpc) is 2.72. The van der Waals surface area contributed by atoms with Gasteiger partial charge in [0.15, 0.2) is 0 Å². The zero-order valence-corrected chi connectivity index (χ0v) is 17.1. The highest BCUT2D eigenvalue weighted by molar-refractivity contribution is 5.92. The Labute approximate surface area is 172 Å². The van der Waals surface area contributed by atoms with Crippen LogP contribution in [0.3, 0.4) is 0 Å². The molecule has 0 heterocycles. The summed E-state index contributed by atoms with van der Waals surface area (Å²) in [6, 6.07) is 16.1. The van der Waals surface area contributed by atoms with Crippen molar-refractivity contribution in [3.8, 4) is 0 Å². The Bertz CT molecular complexity index is 830. The number of nitrogens with zero attached hydrogens (tertiary/aromatic N) is 1.